The molecule has 0 spiro atoms. The van der Waals surface area contributed by atoms with Crippen molar-refractivity contribution in [3.05, 3.63) is 11.4 Å². The summed E-state index contributed by atoms with van der Waals surface area (Å²) < 4.78 is 9.76. The van der Waals surface area contributed by atoms with Crippen LogP contribution in [0.3, 0.4) is 0 Å². The minimum atomic E-state index is -4.32. The Morgan fingerprint density at radius 3 is 1.65 bits per heavy atom. The molecule has 7 nitrogen and oxygen atoms in total. The molecule has 0 amide bonds. The number of hydrogen-bond acceptors (Lipinski definition) is 4. The van der Waals surface area contributed by atoms with Crippen LogP contribution in [0, 0.1) is 0 Å². The SMILES string of the molecule is CC1=C(C)N(C)CN1C.O=C(O)CP(=O)(O)O. The Kier molecular flexibility index (Phi) is 5.68. The summed E-state index contributed by atoms with van der Waals surface area (Å²) >= 11 is 0. The highest BCUT2D eigenvalue weighted by atomic mass is 31.2. The minimum Gasteiger partial charge on any atom is -0.481 e. The van der Waals surface area contributed by atoms with Crippen LogP contribution >= 0.6 is 7.60 Å². The van der Waals surface area contributed by atoms with E-state index < -0.39 is 19.7 Å². The Labute approximate surface area is 100 Å². The van der Waals surface area contributed by atoms with E-state index >= 15 is 0 Å². The lowest BCUT2D eigenvalue weighted by molar-refractivity contribution is -0.134. The van der Waals surface area contributed by atoms with E-state index in [1.54, 1.807) is 0 Å². The van der Waals surface area contributed by atoms with Crippen LogP contribution in [0.1, 0.15) is 13.8 Å². The van der Waals surface area contributed by atoms with Crippen molar-refractivity contribution in [3.63, 3.8) is 0 Å². The van der Waals surface area contributed by atoms with Gasteiger partial charge in [-0.25, -0.2) is 0 Å². The number of nitrogens with zero attached hydrogens (tertiary/aromatic N) is 2. The van der Waals surface area contributed by atoms with E-state index in [9.17, 15) is 9.36 Å². The number of hydrogen-bond donors (Lipinski definition) is 3. The van der Waals surface area contributed by atoms with E-state index in [1.165, 1.54) is 11.4 Å². The fourth-order valence-corrected chi connectivity index (χ4v) is 1.61. The molecule has 3 N–H and O–H groups in total. The largest absolute Gasteiger partial charge is 0.481 e. The summed E-state index contributed by atoms with van der Waals surface area (Å²) in [5.74, 6) is -1.49. The lowest BCUT2D eigenvalue weighted by atomic mass is 10.4. The first-order valence-corrected chi connectivity index (χ1v) is 6.70. The lowest BCUT2D eigenvalue weighted by Crippen LogP contribution is -2.20. The summed E-state index contributed by atoms with van der Waals surface area (Å²) in [4.78, 5) is 29.9. The molecule has 0 bridgehead atoms. The van der Waals surface area contributed by atoms with Gasteiger partial charge in [0.15, 0.2) is 0 Å². The maximum Gasteiger partial charge on any atom is 0.336 e. The zero-order valence-electron chi connectivity index (χ0n) is 10.4. The quantitative estimate of drug-likeness (QED) is 0.619. The summed E-state index contributed by atoms with van der Waals surface area (Å²) in [7, 11) is -0.0945. The Morgan fingerprint density at radius 2 is 1.59 bits per heavy atom. The van der Waals surface area contributed by atoms with Gasteiger partial charge in [-0.05, 0) is 13.8 Å². The van der Waals surface area contributed by atoms with Gasteiger partial charge in [0.05, 0.1) is 6.67 Å². The summed E-state index contributed by atoms with van der Waals surface area (Å²) in [6, 6.07) is 0. The van der Waals surface area contributed by atoms with Crippen LogP contribution in [-0.4, -0.2) is 57.6 Å². The third kappa shape index (κ3) is 6.31. The summed E-state index contributed by atoms with van der Waals surface area (Å²) in [5.41, 5.74) is 2.77. The maximum atomic E-state index is 9.76. The summed E-state index contributed by atoms with van der Waals surface area (Å²) in [6.45, 7) is 5.34. The van der Waals surface area contributed by atoms with Crippen molar-refractivity contribution in [2.24, 2.45) is 0 Å². The van der Waals surface area contributed by atoms with Crippen molar-refractivity contribution < 1.29 is 24.3 Å². The van der Waals surface area contributed by atoms with E-state index in [4.69, 9.17) is 14.9 Å². The van der Waals surface area contributed by atoms with Crippen LogP contribution in [-0.2, 0) is 9.36 Å². The molecule has 0 saturated carbocycles. The molecule has 1 aliphatic heterocycles. The highest BCUT2D eigenvalue weighted by Crippen LogP contribution is 2.33. The van der Waals surface area contributed by atoms with Crippen molar-refractivity contribution >= 4 is 13.6 Å². The van der Waals surface area contributed by atoms with Crippen molar-refractivity contribution in [2.45, 2.75) is 13.8 Å². The molecule has 0 atom stereocenters. The van der Waals surface area contributed by atoms with Gasteiger partial charge >= 0.3 is 13.6 Å². The van der Waals surface area contributed by atoms with E-state index in [1.807, 2.05) is 0 Å². The molecule has 1 aliphatic rings. The average molecular weight is 266 g/mol. The van der Waals surface area contributed by atoms with Gasteiger partial charge in [0.2, 0.25) is 0 Å². The number of rotatable bonds is 2. The van der Waals surface area contributed by atoms with E-state index in [0.29, 0.717) is 0 Å². The Balaban J connectivity index is 0.000000304. The standard InChI is InChI=1S/C7H14N2.C2H5O5P/c1-6-7(2)9(4)5-8(6)3;3-2(4)1-8(5,6)7/h5H2,1-4H3;1H2,(H,3,4)(H2,5,6,7). The maximum absolute atomic E-state index is 9.76. The van der Waals surface area contributed by atoms with Gasteiger partial charge in [-0.15, -0.1) is 0 Å². The number of allylic oxidation sites excluding steroid dienone is 2. The molecule has 17 heavy (non-hydrogen) atoms. The first kappa shape index (κ1) is 16.0. The molecule has 1 heterocycles. The Hall–Kier alpha value is -1.04. The number of carboxylic acids is 1. The molecule has 0 unspecified atom stereocenters. The third-order valence-electron chi connectivity index (χ3n) is 2.43. The highest BCUT2D eigenvalue weighted by Gasteiger charge is 2.17. The van der Waals surface area contributed by atoms with Crippen LogP contribution in [0.4, 0.5) is 0 Å². The molecule has 100 valence electrons. The van der Waals surface area contributed by atoms with Gasteiger partial charge in [0, 0.05) is 25.5 Å². The van der Waals surface area contributed by atoms with Crippen LogP contribution in [0.25, 0.3) is 0 Å². The van der Waals surface area contributed by atoms with Gasteiger partial charge in [0.25, 0.3) is 0 Å². The van der Waals surface area contributed by atoms with Gasteiger partial charge in [-0.3, -0.25) is 9.36 Å². The molecule has 0 aromatic carbocycles. The molecular weight excluding hydrogens is 247 g/mol. The predicted octanol–water partition coefficient (Wildman–Crippen LogP) is 0.321. The Morgan fingerprint density at radius 1 is 1.24 bits per heavy atom. The van der Waals surface area contributed by atoms with Crippen LogP contribution in [0.5, 0.6) is 0 Å². The van der Waals surface area contributed by atoms with Crippen molar-refractivity contribution in [2.75, 3.05) is 26.9 Å². The van der Waals surface area contributed by atoms with E-state index in [-0.39, 0.29) is 0 Å². The lowest BCUT2D eigenvalue weighted by Gasteiger charge is -2.14. The highest BCUT2D eigenvalue weighted by molar-refractivity contribution is 7.52. The molecule has 0 fully saturated rings. The summed E-state index contributed by atoms with van der Waals surface area (Å²) in [5, 5.41) is 7.76. The van der Waals surface area contributed by atoms with Gasteiger partial charge < -0.3 is 24.7 Å². The van der Waals surface area contributed by atoms with E-state index in [2.05, 4.69) is 37.7 Å². The molecule has 0 radical (unpaired) electrons. The van der Waals surface area contributed by atoms with Crippen LogP contribution in [0.15, 0.2) is 11.4 Å². The smallest absolute Gasteiger partial charge is 0.336 e. The second kappa shape index (κ2) is 6.05. The van der Waals surface area contributed by atoms with Crippen LogP contribution in [0.2, 0.25) is 0 Å². The number of aliphatic carboxylic acids is 1. The third-order valence-corrected chi connectivity index (χ3v) is 3.12. The van der Waals surface area contributed by atoms with Gasteiger partial charge in [0.1, 0.15) is 6.16 Å². The minimum absolute atomic E-state index is 1.04. The van der Waals surface area contributed by atoms with Crippen LogP contribution < -0.4 is 0 Å². The number of carboxylic acid groups (broad SMARTS) is 1. The fourth-order valence-electron chi connectivity index (χ4n) is 1.26. The monoisotopic (exact) mass is 266 g/mol. The second-order valence-corrected chi connectivity index (χ2v) is 5.57. The van der Waals surface area contributed by atoms with Gasteiger partial charge in [-0.1, -0.05) is 0 Å². The fraction of sp³-hybridized carbons (Fsp3) is 0.667. The van der Waals surface area contributed by atoms with Crippen molar-refractivity contribution in [1.29, 1.82) is 0 Å². The molecule has 1 rings (SSSR count). The Bertz CT molecular complexity index is 346. The average Bonchev–Trinajstić information content (AvgIpc) is 2.30. The van der Waals surface area contributed by atoms with E-state index in [0.717, 1.165) is 6.67 Å². The molecule has 0 aromatic rings. The zero-order chi connectivity index (χ0) is 13.8. The molecule has 0 aromatic heterocycles. The molecule has 8 heteroatoms. The molecular formula is C9H19N2O5P. The van der Waals surface area contributed by atoms with Gasteiger partial charge in [-0.2, -0.15) is 0 Å². The topological polar surface area (TPSA) is 101 Å². The first-order chi connectivity index (χ1) is 7.54. The normalized spacial score (nSPS) is 15.9. The second-order valence-electron chi connectivity index (χ2n) is 3.92. The van der Waals surface area contributed by atoms with Crippen molar-refractivity contribution in [3.8, 4) is 0 Å². The number of carbonyl (C=O) groups is 1. The molecule has 0 aliphatic carbocycles. The summed E-state index contributed by atoms with van der Waals surface area (Å²) in [6.07, 6.45) is -1.09. The molecule has 0 saturated heterocycles. The zero-order valence-corrected chi connectivity index (χ0v) is 11.3. The van der Waals surface area contributed by atoms with Crippen molar-refractivity contribution in [1.82, 2.24) is 9.80 Å². The first-order valence-electron chi connectivity index (χ1n) is 4.90. The predicted molar refractivity (Wildman–Crippen MR) is 63.3 cm³/mol.